The highest BCUT2D eigenvalue weighted by molar-refractivity contribution is 5.76. The van der Waals surface area contributed by atoms with Crippen LogP contribution in [0.25, 0.3) is 11.0 Å². The van der Waals surface area contributed by atoms with Crippen LogP contribution in [0.15, 0.2) is 23.0 Å². The van der Waals surface area contributed by atoms with Crippen molar-refractivity contribution in [3.05, 3.63) is 34.2 Å². The third-order valence-electron chi connectivity index (χ3n) is 7.04. The number of ether oxygens (including phenoxy) is 4. The number of likely N-dealkylation sites (tertiary alicyclic amines) is 1. The first-order chi connectivity index (χ1) is 24.0. The number of nitrogens with zero attached hydrogens (tertiary/aromatic N) is 2. The normalized spacial score (nSPS) is 14.5. The second-order valence-electron chi connectivity index (χ2n) is 13.9. The molecule has 1 saturated carbocycles. The number of aromatic amines is 1. The minimum absolute atomic E-state index is 0.0713. The maximum atomic E-state index is 12.1. The molecule has 0 radical (unpaired) electrons. The molecule has 2 amide bonds. The first-order valence-electron chi connectivity index (χ1n) is 17.5. The topological polar surface area (TPSA) is 186 Å². The van der Waals surface area contributed by atoms with Crippen molar-refractivity contribution in [3.8, 4) is 5.75 Å². The molecule has 2 aromatic rings. The van der Waals surface area contributed by atoms with Gasteiger partial charge in [-0.3, -0.25) is 14.4 Å². The Hall–Kier alpha value is -4.36. The van der Waals surface area contributed by atoms with Gasteiger partial charge in [0.25, 0.3) is 12.0 Å². The number of carboxylic acids is 1. The van der Waals surface area contributed by atoms with Crippen LogP contribution in [0.1, 0.15) is 106 Å². The van der Waals surface area contributed by atoms with Crippen molar-refractivity contribution < 1.29 is 43.2 Å². The van der Waals surface area contributed by atoms with Gasteiger partial charge in [-0.25, -0.2) is 14.6 Å². The van der Waals surface area contributed by atoms with Gasteiger partial charge in [0.15, 0.2) is 0 Å². The number of amides is 2. The fourth-order valence-corrected chi connectivity index (χ4v) is 4.45. The number of carbonyl (C=O) groups is 4. The van der Waals surface area contributed by atoms with E-state index in [-0.39, 0.29) is 17.3 Å². The fourth-order valence-electron chi connectivity index (χ4n) is 4.45. The number of aliphatic carboxylic acids is 1. The first kappa shape index (κ1) is 46.6. The Kier molecular flexibility index (Phi) is 23.4. The lowest BCUT2D eigenvalue weighted by atomic mass is 10.1. The third kappa shape index (κ3) is 23.6. The van der Waals surface area contributed by atoms with Crippen molar-refractivity contribution >= 4 is 35.7 Å². The van der Waals surface area contributed by atoms with Crippen LogP contribution in [-0.2, 0) is 30.2 Å². The van der Waals surface area contributed by atoms with Gasteiger partial charge in [0.2, 0.25) is 0 Å². The van der Waals surface area contributed by atoms with Gasteiger partial charge < -0.3 is 39.3 Å². The van der Waals surface area contributed by atoms with E-state index in [2.05, 4.69) is 47.1 Å². The van der Waals surface area contributed by atoms with E-state index in [0.717, 1.165) is 68.0 Å². The van der Waals surface area contributed by atoms with E-state index in [4.69, 9.17) is 19.4 Å². The molecule has 1 saturated heterocycles. The molecule has 14 heteroatoms. The van der Waals surface area contributed by atoms with Crippen LogP contribution in [0, 0.1) is 11.8 Å². The van der Waals surface area contributed by atoms with Crippen molar-refractivity contribution in [1.82, 2.24) is 20.2 Å². The lowest BCUT2D eigenvalue weighted by Gasteiger charge is -2.26. The number of aryl methyl sites for hydroxylation is 1. The van der Waals surface area contributed by atoms with E-state index in [9.17, 15) is 19.2 Å². The highest BCUT2D eigenvalue weighted by Gasteiger charge is 2.29. The zero-order chi connectivity index (χ0) is 39.0. The number of nitrogens with one attached hydrogen (secondary N) is 2. The van der Waals surface area contributed by atoms with Crippen molar-refractivity contribution in [2.24, 2.45) is 11.8 Å². The molecule has 1 aromatic carbocycles. The minimum Gasteiger partial charge on any atom is -0.497 e. The summed E-state index contributed by atoms with van der Waals surface area (Å²) < 4.78 is 18.4. The average Bonchev–Trinajstić information content (AvgIpc) is 3.79. The second kappa shape index (κ2) is 25.6. The number of hydrogen-bond acceptors (Lipinski definition) is 10. The standard InChI is InChI=1S/C17H22N2O2.C10H19NO2.C4H7NO4.C4H10.C2H4O2/c1-21-13-9-10-14-16(11-13)19-17(20)15(18-14)6-4-2-3-5-12-7-8-12;1-8-6-5-7-11(8)9(12)13-10(2,3)4;1-9-4(8)5-2-3(6)7;1-4(2)3;1-4-2-3/h9-12H,2-8H2,1H3,(H,19,20);8H,5-7H2,1-4H3;2H2,1H3,(H,5,8)(H,6,7);4H,1-3H3;2H,1H3. The van der Waals surface area contributed by atoms with Crippen LogP contribution >= 0.6 is 0 Å². The van der Waals surface area contributed by atoms with Crippen molar-refractivity contribution in [1.29, 1.82) is 0 Å². The molecule has 0 spiro atoms. The highest BCUT2D eigenvalue weighted by Crippen LogP contribution is 2.34. The number of rotatable bonds is 10. The summed E-state index contributed by atoms with van der Waals surface area (Å²) in [4.78, 5) is 61.7. The quantitative estimate of drug-likeness (QED) is 0.134. The summed E-state index contributed by atoms with van der Waals surface area (Å²) in [5, 5.41) is 9.96. The number of hydrogen-bond donors (Lipinski definition) is 3. The van der Waals surface area contributed by atoms with Crippen molar-refractivity contribution in [2.75, 3.05) is 34.4 Å². The molecule has 1 aliphatic heterocycles. The summed E-state index contributed by atoms with van der Waals surface area (Å²) in [6.45, 7) is 15.1. The first-order valence-corrected chi connectivity index (χ1v) is 17.5. The van der Waals surface area contributed by atoms with Gasteiger partial charge in [-0.15, -0.1) is 0 Å². The van der Waals surface area contributed by atoms with E-state index in [1.54, 1.807) is 7.11 Å². The molecule has 2 aliphatic rings. The summed E-state index contributed by atoms with van der Waals surface area (Å²) >= 11 is 0. The average molecular weight is 723 g/mol. The number of fused-ring (bicyclic) bond motifs is 1. The van der Waals surface area contributed by atoms with Crippen LogP contribution in [-0.4, -0.2) is 90.7 Å². The van der Waals surface area contributed by atoms with Gasteiger partial charge in [-0.2, -0.15) is 0 Å². The SMILES string of the molecule is CC(C)C.CC1CCCN1C(=O)OC(C)(C)C.COC(=O)NCC(=O)O.COC=O.COc1ccc2nc(CCCCCC3CC3)c(=O)[nH]c2c1. The number of benzene rings is 1. The predicted octanol–water partition coefficient (Wildman–Crippen LogP) is 6.73. The van der Waals surface area contributed by atoms with E-state index in [1.165, 1.54) is 39.2 Å². The summed E-state index contributed by atoms with van der Waals surface area (Å²) in [7, 11) is 4.09. The smallest absolute Gasteiger partial charge is 0.410 e. The van der Waals surface area contributed by atoms with E-state index in [0.29, 0.717) is 18.2 Å². The molecule has 51 heavy (non-hydrogen) atoms. The third-order valence-corrected chi connectivity index (χ3v) is 7.04. The van der Waals surface area contributed by atoms with Gasteiger partial charge in [0.05, 0.1) is 32.4 Å². The van der Waals surface area contributed by atoms with E-state index < -0.39 is 18.6 Å². The van der Waals surface area contributed by atoms with Crippen LogP contribution in [0.5, 0.6) is 5.75 Å². The van der Waals surface area contributed by atoms with Crippen LogP contribution in [0.3, 0.4) is 0 Å². The van der Waals surface area contributed by atoms with Gasteiger partial charge in [0.1, 0.15) is 23.6 Å². The zero-order valence-corrected chi connectivity index (χ0v) is 32.3. The number of carbonyl (C=O) groups excluding carboxylic acids is 3. The molecular formula is C37H62N4O10. The molecule has 1 unspecified atom stereocenters. The molecule has 1 atom stereocenters. The molecule has 1 aliphatic carbocycles. The van der Waals surface area contributed by atoms with Crippen LogP contribution < -0.4 is 15.6 Å². The van der Waals surface area contributed by atoms with Crippen molar-refractivity contribution in [2.45, 2.75) is 118 Å². The van der Waals surface area contributed by atoms with Gasteiger partial charge in [-0.1, -0.05) is 52.9 Å². The van der Waals surface area contributed by atoms with Crippen LogP contribution in [0.4, 0.5) is 9.59 Å². The summed E-state index contributed by atoms with van der Waals surface area (Å²) in [5.41, 5.74) is 1.76. The maximum absolute atomic E-state index is 12.1. The Bertz CT molecular complexity index is 1370. The lowest BCUT2D eigenvalue weighted by molar-refractivity contribution is -0.135. The van der Waals surface area contributed by atoms with Gasteiger partial charge in [-0.05, 0) is 77.3 Å². The van der Waals surface area contributed by atoms with Gasteiger partial charge >= 0.3 is 18.2 Å². The molecule has 2 heterocycles. The Morgan fingerprint density at radius 1 is 1.08 bits per heavy atom. The number of alkyl carbamates (subject to hydrolysis) is 1. The van der Waals surface area contributed by atoms with Crippen LogP contribution in [0.2, 0.25) is 0 Å². The Morgan fingerprint density at radius 3 is 2.18 bits per heavy atom. The predicted molar refractivity (Wildman–Crippen MR) is 197 cm³/mol. The molecule has 2 fully saturated rings. The Balaban J connectivity index is 0.000000713. The number of H-pyrrole nitrogens is 1. The minimum atomic E-state index is -1.10. The van der Waals surface area contributed by atoms with E-state index >= 15 is 0 Å². The molecule has 4 rings (SSSR count). The summed E-state index contributed by atoms with van der Waals surface area (Å²) in [6, 6.07) is 5.91. The molecular weight excluding hydrogens is 660 g/mol. The fraction of sp³-hybridized carbons (Fsp3) is 0.676. The zero-order valence-electron chi connectivity index (χ0n) is 32.3. The summed E-state index contributed by atoms with van der Waals surface area (Å²) in [5.74, 6) is 1.47. The number of carboxylic acid groups (broad SMARTS) is 1. The van der Waals surface area contributed by atoms with Gasteiger partial charge in [0, 0.05) is 18.7 Å². The largest absolute Gasteiger partial charge is 0.497 e. The molecule has 1 aromatic heterocycles. The molecule has 14 nitrogen and oxygen atoms in total. The number of methoxy groups -OCH3 is 3. The Morgan fingerprint density at radius 2 is 1.71 bits per heavy atom. The second-order valence-corrected chi connectivity index (χ2v) is 13.9. The lowest BCUT2D eigenvalue weighted by Crippen LogP contribution is -2.38. The highest BCUT2D eigenvalue weighted by atomic mass is 16.6. The maximum Gasteiger partial charge on any atom is 0.410 e. The van der Waals surface area contributed by atoms with Crippen molar-refractivity contribution in [3.63, 3.8) is 0 Å². The van der Waals surface area contributed by atoms with E-state index in [1.807, 2.05) is 49.2 Å². The number of aromatic nitrogens is 2. The molecule has 0 bridgehead atoms. The number of unbranched alkanes of at least 4 members (excludes halogenated alkanes) is 2. The monoisotopic (exact) mass is 722 g/mol. The summed E-state index contributed by atoms with van der Waals surface area (Å²) in [6.07, 6.45) is 9.79. The molecule has 3 N–H and O–H groups in total. The Labute approximate surface area is 303 Å². The molecule has 290 valence electrons.